The Hall–Kier alpha value is -3.37. The van der Waals surface area contributed by atoms with Gasteiger partial charge in [0.25, 0.3) is 5.91 Å². The van der Waals surface area contributed by atoms with E-state index in [1.165, 1.54) is 30.0 Å². The average Bonchev–Trinajstić information content (AvgIpc) is 3.18. The Kier molecular flexibility index (Phi) is 7.72. The molecular formula is C22H21ClN4O5S. The molecule has 9 nitrogen and oxygen atoms in total. The van der Waals surface area contributed by atoms with Gasteiger partial charge in [0.05, 0.1) is 16.1 Å². The van der Waals surface area contributed by atoms with Gasteiger partial charge in [0.2, 0.25) is 0 Å². The third-order valence-electron chi connectivity index (χ3n) is 4.72. The second-order valence-electron chi connectivity index (χ2n) is 6.91. The van der Waals surface area contributed by atoms with Crippen molar-refractivity contribution in [3.05, 3.63) is 64.4 Å². The number of ether oxygens (including phenoxy) is 1. The average molecular weight is 489 g/mol. The van der Waals surface area contributed by atoms with E-state index in [0.717, 1.165) is 10.8 Å². The lowest BCUT2D eigenvalue weighted by Crippen LogP contribution is -2.32. The SMILES string of the molecule is CCC(OC(=O)c1ccc(-n2c(C)nnc2SC)cc1)C(=O)Nc1ccc(Cl)c(C(=O)O)c1. The van der Waals surface area contributed by atoms with Gasteiger partial charge in [0.15, 0.2) is 11.3 Å². The minimum atomic E-state index is -1.22. The quantitative estimate of drug-likeness (QED) is 0.356. The van der Waals surface area contributed by atoms with E-state index in [-0.39, 0.29) is 28.3 Å². The van der Waals surface area contributed by atoms with Crippen molar-refractivity contribution in [3.63, 3.8) is 0 Å². The van der Waals surface area contributed by atoms with Crippen LogP contribution >= 0.6 is 23.4 Å². The molecule has 0 fully saturated rings. The summed E-state index contributed by atoms with van der Waals surface area (Å²) in [4.78, 5) is 36.4. The summed E-state index contributed by atoms with van der Waals surface area (Å²) in [5, 5.41) is 20.7. The van der Waals surface area contributed by atoms with Crippen LogP contribution in [0, 0.1) is 6.92 Å². The number of anilines is 1. The molecule has 1 aromatic heterocycles. The number of carboxylic acids is 1. The van der Waals surface area contributed by atoms with Crippen molar-refractivity contribution in [2.75, 3.05) is 11.6 Å². The third-order valence-corrected chi connectivity index (χ3v) is 5.67. The molecule has 0 spiro atoms. The number of aryl methyl sites for hydroxylation is 1. The Morgan fingerprint density at radius 1 is 1.18 bits per heavy atom. The molecule has 11 heteroatoms. The molecule has 0 radical (unpaired) electrons. The number of hydrogen-bond acceptors (Lipinski definition) is 7. The highest BCUT2D eigenvalue weighted by atomic mass is 35.5. The van der Waals surface area contributed by atoms with Crippen LogP contribution in [0.4, 0.5) is 5.69 Å². The summed E-state index contributed by atoms with van der Waals surface area (Å²) >= 11 is 7.30. The maximum atomic E-state index is 12.6. The summed E-state index contributed by atoms with van der Waals surface area (Å²) < 4.78 is 7.25. The molecule has 33 heavy (non-hydrogen) atoms. The number of thioether (sulfide) groups is 1. The Morgan fingerprint density at radius 3 is 2.48 bits per heavy atom. The van der Waals surface area contributed by atoms with Gasteiger partial charge in [-0.25, -0.2) is 9.59 Å². The molecule has 0 aliphatic carbocycles. The zero-order chi connectivity index (χ0) is 24.1. The molecule has 0 saturated heterocycles. The molecule has 0 aliphatic rings. The minimum Gasteiger partial charge on any atom is -0.478 e. The molecule has 1 unspecified atom stereocenters. The summed E-state index contributed by atoms with van der Waals surface area (Å²) in [6, 6.07) is 10.8. The number of carbonyl (C=O) groups excluding carboxylic acids is 2. The first-order valence-electron chi connectivity index (χ1n) is 9.86. The lowest BCUT2D eigenvalue weighted by Gasteiger charge is -2.17. The van der Waals surface area contributed by atoms with Gasteiger partial charge in [-0.15, -0.1) is 10.2 Å². The van der Waals surface area contributed by atoms with Crippen molar-refractivity contribution < 1.29 is 24.2 Å². The van der Waals surface area contributed by atoms with E-state index in [4.69, 9.17) is 16.3 Å². The van der Waals surface area contributed by atoms with Gasteiger partial charge in [-0.3, -0.25) is 9.36 Å². The van der Waals surface area contributed by atoms with E-state index in [9.17, 15) is 19.5 Å². The van der Waals surface area contributed by atoms with E-state index >= 15 is 0 Å². The van der Waals surface area contributed by atoms with Gasteiger partial charge >= 0.3 is 11.9 Å². The summed E-state index contributed by atoms with van der Waals surface area (Å²) in [6.07, 6.45) is 1.06. The molecular weight excluding hydrogens is 468 g/mol. The van der Waals surface area contributed by atoms with Gasteiger partial charge in [-0.1, -0.05) is 30.3 Å². The number of aromatic carboxylic acids is 1. The fourth-order valence-corrected chi connectivity index (χ4v) is 3.77. The van der Waals surface area contributed by atoms with Crippen molar-refractivity contribution in [3.8, 4) is 5.69 Å². The highest BCUT2D eigenvalue weighted by Gasteiger charge is 2.23. The van der Waals surface area contributed by atoms with Crippen LogP contribution < -0.4 is 5.32 Å². The Morgan fingerprint density at radius 2 is 1.88 bits per heavy atom. The van der Waals surface area contributed by atoms with E-state index < -0.39 is 23.9 Å². The minimum absolute atomic E-state index is 0.0498. The smallest absolute Gasteiger partial charge is 0.338 e. The molecule has 2 aromatic carbocycles. The summed E-state index contributed by atoms with van der Waals surface area (Å²) in [7, 11) is 0. The predicted octanol–water partition coefficient (Wildman–Crippen LogP) is 4.22. The van der Waals surface area contributed by atoms with Crippen LogP contribution in [0.5, 0.6) is 0 Å². The molecule has 0 saturated carbocycles. The van der Waals surface area contributed by atoms with Crippen LogP contribution in [0.15, 0.2) is 47.6 Å². The van der Waals surface area contributed by atoms with Crippen LogP contribution in [0.2, 0.25) is 5.02 Å². The number of rotatable bonds is 8. The number of aromatic nitrogens is 3. The molecule has 1 heterocycles. The molecule has 1 atom stereocenters. The number of nitrogens with zero attached hydrogens (tertiary/aromatic N) is 3. The number of hydrogen-bond donors (Lipinski definition) is 2. The van der Waals surface area contributed by atoms with Crippen LogP contribution in [-0.2, 0) is 9.53 Å². The Balaban J connectivity index is 1.70. The van der Waals surface area contributed by atoms with Crippen molar-refractivity contribution >= 4 is 46.9 Å². The zero-order valence-corrected chi connectivity index (χ0v) is 19.6. The van der Waals surface area contributed by atoms with E-state index in [1.54, 1.807) is 31.2 Å². The fraction of sp³-hybridized carbons (Fsp3) is 0.227. The standard InChI is InChI=1S/C22H21ClN4O5S/c1-4-18(19(28)24-14-7-10-17(23)16(11-14)20(29)30)32-21(31)13-5-8-15(9-6-13)27-12(2)25-26-22(27)33-3/h5-11,18H,4H2,1-3H3,(H,24,28)(H,29,30). The van der Waals surface area contributed by atoms with Crippen molar-refractivity contribution in [1.29, 1.82) is 0 Å². The van der Waals surface area contributed by atoms with E-state index in [0.29, 0.717) is 5.82 Å². The monoisotopic (exact) mass is 488 g/mol. The van der Waals surface area contributed by atoms with Gasteiger partial charge < -0.3 is 15.2 Å². The fourth-order valence-electron chi connectivity index (χ4n) is 3.03. The van der Waals surface area contributed by atoms with Crippen LogP contribution in [0.25, 0.3) is 5.69 Å². The molecule has 3 rings (SSSR count). The molecule has 3 aromatic rings. The van der Waals surface area contributed by atoms with Crippen molar-refractivity contribution in [2.45, 2.75) is 31.5 Å². The lowest BCUT2D eigenvalue weighted by molar-refractivity contribution is -0.124. The summed E-state index contributed by atoms with van der Waals surface area (Å²) in [5.74, 6) is -1.74. The Labute approximate surface area is 199 Å². The molecule has 0 bridgehead atoms. The Bertz CT molecular complexity index is 1200. The van der Waals surface area contributed by atoms with Gasteiger partial charge in [-0.2, -0.15) is 0 Å². The van der Waals surface area contributed by atoms with Crippen LogP contribution in [-0.4, -0.2) is 50.1 Å². The second-order valence-corrected chi connectivity index (χ2v) is 8.09. The number of benzene rings is 2. The molecule has 0 aliphatic heterocycles. The van der Waals surface area contributed by atoms with Gasteiger partial charge in [0.1, 0.15) is 5.82 Å². The molecule has 2 N–H and O–H groups in total. The number of halogens is 1. The first kappa shape index (κ1) is 24.3. The topological polar surface area (TPSA) is 123 Å². The van der Waals surface area contributed by atoms with Gasteiger partial charge in [-0.05, 0) is 62.1 Å². The second kappa shape index (κ2) is 10.5. The summed E-state index contributed by atoms with van der Waals surface area (Å²) in [5.41, 5.74) is 1.16. The van der Waals surface area contributed by atoms with Crippen molar-refractivity contribution in [1.82, 2.24) is 14.8 Å². The first-order valence-corrected chi connectivity index (χ1v) is 11.5. The maximum absolute atomic E-state index is 12.6. The first-order chi connectivity index (χ1) is 15.7. The van der Waals surface area contributed by atoms with E-state index in [1.807, 2.05) is 17.7 Å². The molecule has 172 valence electrons. The van der Waals surface area contributed by atoms with Crippen LogP contribution in [0.3, 0.4) is 0 Å². The van der Waals surface area contributed by atoms with Crippen LogP contribution in [0.1, 0.15) is 39.9 Å². The third kappa shape index (κ3) is 5.52. The lowest BCUT2D eigenvalue weighted by atomic mass is 10.1. The largest absolute Gasteiger partial charge is 0.478 e. The highest BCUT2D eigenvalue weighted by Crippen LogP contribution is 2.22. The summed E-state index contributed by atoms with van der Waals surface area (Å²) in [6.45, 7) is 3.53. The zero-order valence-electron chi connectivity index (χ0n) is 18.0. The van der Waals surface area contributed by atoms with Crippen molar-refractivity contribution in [2.24, 2.45) is 0 Å². The number of amides is 1. The number of esters is 1. The highest BCUT2D eigenvalue weighted by molar-refractivity contribution is 7.98. The van der Waals surface area contributed by atoms with E-state index in [2.05, 4.69) is 15.5 Å². The molecule has 1 amide bonds. The van der Waals surface area contributed by atoms with Gasteiger partial charge in [0, 0.05) is 11.4 Å². The maximum Gasteiger partial charge on any atom is 0.338 e. The number of nitrogens with one attached hydrogen (secondary N) is 1. The number of carboxylic acid groups (broad SMARTS) is 1. The predicted molar refractivity (Wildman–Crippen MR) is 124 cm³/mol. The number of carbonyl (C=O) groups is 3. The normalized spacial score (nSPS) is 11.6.